The second-order valence-corrected chi connectivity index (χ2v) is 5.26. The standard InChI is InChI=1S/C13H14BrN5/c1-2-16-6-10-18-11-8-4-3-7(14)5-9(8)17-13(15)12(11)19-10/h3-5,16H,2,6H2,1H3,(H2,15,17)(H,18,19). The SMILES string of the molecule is CCNCc1nc2c(N)nc3cc(Br)ccc3c2[nH]1. The van der Waals surface area contributed by atoms with Gasteiger partial charge in [-0.2, -0.15) is 0 Å². The lowest BCUT2D eigenvalue weighted by molar-refractivity contribution is 0.700. The molecule has 19 heavy (non-hydrogen) atoms. The molecular weight excluding hydrogens is 306 g/mol. The highest BCUT2D eigenvalue weighted by atomic mass is 79.9. The van der Waals surface area contributed by atoms with Crippen molar-refractivity contribution in [3.63, 3.8) is 0 Å². The van der Waals surface area contributed by atoms with Gasteiger partial charge in [0, 0.05) is 9.86 Å². The Bertz CT molecular complexity index is 749. The highest BCUT2D eigenvalue weighted by Crippen LogP contribution is 2.27. The van der Waals surface area contributed by atoms with E-state index in [-0.39, 0.29) is 0 Å². The molecule has 0 aliphatic rings. The van der Waals surface area contributed by atoms with Crippen LogP contribution in [-0.4, -0.2) is 21.5 Å². The molecule has 0 saturated heterocycles. The lowest BCUT2D eigenvalue weighted by Gasteiger charge is -2.01. The maximum absolute atomic E-state index is 5.99. The molecule has 0 aliphatic heterocycles. The van der Waals surface area contributed by atoms with Gasteiger partial charge in [0.1, 0.15) is 11.3 Å². The molecule has 3 rings (SSSR count). The van der Waals surface area contributed by atoms with E-state index in [9.17, 15) is 0 Å². The van der Waals surface area contributed by atoms with Crippen molar-refractivity contribution in [1.82, 2.24) is 20.3 Å². The van der Waals surface area contributed by atoms with E-state index in [1.165, 1.54) is 0 Å². The fourth-order valence-corrected chi connectivity index (χ4v) is 2.47. The van der Waals surface area contributed by atoms with Crippen molar-refractivity contribution >= 4 is 43.7 Å². The van der Waals surface area contributed by atoms with Crippen LogP contribution in [0.1, 0.15) is 12.7 Å². The van der Waals surface area contributed by atoms with Crippen molar-refractivity contribution in [2.75, 3.05) is 12.3 Å². The number of aromatic amines is 1. The van der Waals surface area contributed by atoms with Crippen LogP contribution in [0.15, 0.2) is 22.7 Å². The number of pyridine rings is 1. The summed E-state index contributed by atoms with van der Waals surface area (Å²) in [7, 11) is 0. The number of nitrogens with zero attached hydrogens (tertiary/aromatic N) is 2. The van der Waals surface area contributed by atoms with Crippen LogP contribution in [0.4, 0.5) is 5.82 Å². The van der Waals surface area contributed by atoms with Crippen molar-refractivity contribution < 1.29 is 0 Å². The molecule has 0 atom stereocenters. The molecule has 6 heteroatoms. The summed E-state index contributed by atoms with van der Waals surface area (Å²) in [5.41, 5.74) is 8.53. The van der Waals surface area contributed by atoms with Crippen LogP contribution in [-0.2, 0) is 6.54 Å². The van der Waals surface area contributed by atoms with Gasteiger partial charge in [-0.1, -0.05) is 22.9 Å². The lowest BCUT2D eigenvalue weighted by atomic mass is 10.2. The normalized spacial score (nSPS) is 11.5. The number of anilines is 1. The van der Waals surface area contributed by atoms with E-state index in [1.54, 1.807) is 0 Å². The number of H-pyrrole nitrogens is 1. The first kappa shape index (κ1) is 12.4. The topological polar surface area (TPSA) is 79.6 Å². The molecule has 0 radical (unpaired) electrons. The van der Waals surface area contributed by atoms with Crippen molar-refractivity contribution in [2.45, 2.75) is 13.5 Å². The fourth-order valence-electron chi connectivity index (χ4n) is 2.12. The van der Waals surface area contributed by atoms with E-state index in [2.05, 4.69) is 43.1 Å². The summed E-state index contributed by atoms with van der Waals surface area (Å²) >= 11 is 3.44. The molecule has 0 aliphatic carbocycles. The molecule has 98 valence electrons. The van der Waals surface area contributed by atoms with E-state index < -0.39 is 0 Å². The molecule has 2 heterocycles. The first-order valence-electron chi connectivity index (χ1n) is 6.13. The number of hydrogen-bond donors (Lipinski definition) is 3. The Hall–Kier alpha value is -1.66. The Morgan fingerprint density at radius 2 is 2.21 bits per heavy atom. The summed E-state index contributed by atoms with van der Waals surface area (Å²) in [6, 6.07) is 5.96. The molecule has 0 saturated carbocycles. The highest BCUT2D eigenvalue weighted by Gasteiger charge is 2.11. The van der Waals surface area contributed by atoms with Gasteiger partial charge < -0.3 is 16.0 Å². The minimum atomic E-state index is 0.458. The van der Waals surface area contributed by atoms with E-state index in [1.807, 2.05) is 18.2 Å². The minimum Gasteiger partial charge on any atom is -0.382 e. The van der Waals surface area contributed by atoms with Gasteiger partial charge in [-0.05, 0) is 24.7 Å². The minimum absolute atomic E-state index is 0.458. The van der Waals surface area contributed by atoms with Gasteiger partial charge in [-0.3, -0.25) is 0 Å². The summed E-state index contributed by atoms with van der Waals surface area (Å²) in [5.74, 6) is 1.33. The molecule has 0 fully saturated rings. The van der Waals surface area contributed by atoms with Crippen molar-refractivity contribution in [1.29, 1.82) is 0 Å². The summed E-state index contributed by atoms with van der Waals surface area (Å²) in [5, 5.41) is 4.27. The van der Waals surface area contributed by atoms with E-state index in [0.29, 0.717) is 12.4 Å². The van der Waals surface area contributed by atoms with Crippen LogP contribution in [0.3, 0.4) is 0 Å². The predicted octanol–water partition coefficient (Wildman–Crippen LogP) is 2.57. The van der Waals surface area contributed by atoms with Gasteiger partial charge in [0.2, 0.25) is 0 Å². The Labute approximate surface area is 118 Å². The quantitative estimate of drug-likeness (QED) is 0.693. The van der Waals surface area contributed by atoms with Gasteiger partial charge in [-0.15, -0.1) is 0 Å². The predicted molar refractivity (Wildman–Crippen MR) is 80.9 cm³/mol. The number of halogens is 1. The van der Waals surface area contributed by atoms with Gasteiger partial charge in [0.25, 0.3) is 0 Å². The highest BCUT2D eigenvalue weighted by molar-refractivity contribution is 9.10. The maximum Gasteiger partial charge on any atom is 0.152 e. The Morgan fingerprint density at radius 3 is 3.00 bits per heavy atom. The molecule has 2 aromatic heterocycles. The van der Waals surface area contributed by atoms with Crippen LogP contribution < -0.4 is 11.1 Å². The number of rotatable bonds is 3. The first-order chi connectivity index (χ1) is 9.19. The second kappa shape index (κ2) is 4.79. The number of nitrogen functional groups attached to an aromatic ring is 1. The van der Waals surface area contributed by atoms with Crippen LogP contribution >= 0.6 is 15.9 Å². The lowest BCUT2D eigenvalue weighted by Crippen LogP contribution is -2.12. The summed E-state index contributed by atoms with van der Waals surface area (Å²) in [4.78, 5) is 12.2. The maximum atomic E-state index is 5.99. The van der Waals surface area contributed by atoms with E-state index in [4.69, 9.17) is 5.73 Å². The molecule has 1 aromatic carbocycles. The van der Waals surface area contributed by atoms with Crippen molar-refractivity contribution in [2.24, 2.45) is 0 Å². The average molecular weight is 320 g/mol. The average Bonchev–Trinajstić information content (AvgIpc) is 2.81. The van der Waals surface area contributed by atoms with E-state index in [0.717, 1.165) is 38.8 Å². The second-order valence-electron chi connectivity index (χ2n) is 4.35. The van der Waals surface area contributed by atoms with Gasteiger partial charge in [-0.25, -0.2) is 9.97 Å². The third-order valence-electron chi connectivity index (χ3n) is 3.01. The number of nitrogens with two attached hydrogens (primary N) is 1. The van der Waals surface area contributed by atoms with Crippen LogP contribution in [0.2, 0.25) is 0 Å². The van der Waals surface area contributed by atoms with Crippen LogP contribution in [0, 0.1) is 0 Å². The number of benzene rings is 1. The van der Waals surface area contributed by atoms with Gasteiger partial charge in [0.15, 0.2) is 5.82 Å². The third kappa shape index (κ3) is 2.17. The summed E-state index contributed by atoms with van der Waals surface area (Å²) in [6.07, 6.45) is 0. The summed E-state index contributed by atoms with van der Waals surface area (Å²) < 4.78 is 0.985. The van der Waals surface area contributed by atoms with Gasteiger partial charge >= 0.3 is 0 Å². The molecule has 0 bridgehead atoms. The number of hydrogen-bond acceptors (Lipinski definition) is 4. The van der Waals surface area contributed by atoms with Crippen LogP contribution in [0.25, 0.3) is 21.9 Å². The van der Waals surface area contributed by atoms with Crippen molar-refractivity contribution in [3.8, 4) is 0 Å². The zero-order valence-electron chi connectivity index (χ0n) is 10.5. The Kier molecular flexibility index (Phi) is 3.12. The van der Waals surface area contributed by atoms with Crippen molar-refractivity contribution in [3.05, 3.63) is 28.5 Å². The molecule has 0 amide bonds. The summed E-state index contributed by atoms with van der Waals surface area (Å²) in [6.45, 7) is 3.66. The Morgan fingerprint density at radius 1 is 1.37 bits per heavy atom. The molecule has 0 spiro atoms. The third-order valence-corrected chi connectivity index (χ3v) is 3.50. The zero-order chi connectivity index (χ0) is 13.4. The first-order valence-corrected chi connectivity index (χ1v) is 6.92. The smallest absolute Gasteiger partial charge is 0.152 e. The number of imidazole rings is 1. The molecule has 3 aromatic rings. The molecule has 5 nitrogen and oxygen atoms in total. The van der Waals surface area contributed by atoms with E-state index >= 15 is 0 Å². The number of nitrogens with one attached hydrogen (secondary N) is 2. The number of aromatic nitrogens is 3. The monoisotopic (exact) mass is 319 g/mol. The fraction of sp³-hybridized carbons (Fsp3) is 0.231. The Balaban J connectivity index is 2.24. The van der Waals surface area contributed by atoms with Gasteiger partial charge in [0.05, 0.1) is 17.6 Å². The largest absolute Gasteiger partial charge is 0.382 e. The van der Waals surface area contributed by atoms with Crippen LogP contribution in [0.5, 0.6) is 0 Å². The molecule has 0 unspecified atom stereocenters. The molecular formula is C13H14BrN5. The zero-order valence-corrected chi connectivity index (χ0v) is 12.1. The molecule has 4 N–H and O–H groups in total. The number of fused-ring (bicyclic) bond motifs is 3.